The van der Waals surface area contributed by atoms with Crippen molar-refractivity contribution in [1.29, 1.82) is 0 Å². The fourth-order valence-electron chi connectivity index (χ4n) is 3.65. The second-order valence-electron chi connectivity index (χ2n) is 6.78. The average Bonchev–Trinajstić information content (AvgIpc) is 2.64. The van der Waals surface area contributed by atoms with Gasteiger partial charge in [-0.2, -0.15) is 0 Å². The van der Waals surface area contributed by atoms with Crippen molar-refractivity contribution in [2.45, 2.75) is 45.6 Å². The van der Waals surface area contributed by atoms with Crippen LogP contribution < -0.4 is 9.64 Å². The molecule has 0 bridgehead atoms. The van der Waals surface area contributed by atoms with Crippen LogP contribution in [0.5, 0.6) is 5.75 Å². The molecule has 152 valence electrons. The highest BCUT2D eigenvalue weighted by atomic mass is 19.4. The molecule has 0 aromatic heterocycles. The van der Waals surface area contributed by atoms with Gasteiger partial charge >= 0.3 is 12.3 Å². The zero-order chi connectivity index (χ0) is 20.0. The molecule has 0 amide bonds. The minimum absolute atomic E-state index is 0.0480. The number of carbonyl (C=O) groups excluding carboxylic acids is 1. The maximum atomic E-state index is 12.4. The lowest BCUT2D eigenvalue weighted by molar-refractivity contribution is -0.274. The largest absolute Gasteiger partial charge is 0.573 e. The monoisotopic (exact) mass is 389 g/mol. The number of halogens is 3. The normalized spacial score (nSPS) is 20.2. The van der Waals surface area contributed by atoms with E-state index in [0.717, 1.165) is 32.2 Å². The maximum Gasteiger partial charge on any atom is 0.573 e. The van der Waals surface area contributed by atoms with Crippen molar-refractivity contribution in [3.05, 3.63) is 23.8 Å². The van der Waals surface area contributed by atoms with E-state index in [9.17, 15) is 23.1 Å². The Hall–Kier alpha value is -1.96. The number of nitrogens with zero attached hydrogens (tertiary/aromatic N) is 1. The van der Waals surface area contributed by atoms with Crippen LogP contribution >= 0.6 is 0 Å². The third-order valence-corrected chi connectivity index (χ3v) is 5.04. The number of hydrogen-bond donors (Lipinski definition) is 1. The van der Waals surface area contributed by atoms with E-state index in [2.05, 4.69) is 4.74 Å². The topological polar surface area (TPSA) is 59.0 Å². The summed E-state index contributed by atoms with van der Waals surface area (Å²) in [6.07, 6.45) is -1.43. The third kappa shape index (κ3) is 6.02. The van der Waals surface area contributed by atoms with Crippen LogP contribution in [-0.4, -0.2) is 37.6 Å². The number of ether oxygens (including phenoxy) is 2. The number of aliphatic hydroxyl groups excluding tert-OH is 1. The van der Waals surface area contributed by atoms with Gasteiger partial charge in [-0.1, -0.05) is 0 Å². The first-order chi connectivity index (χ1) is 12.8. The van der Waals surface area contributed by atoms with Gasteiger partial charge in [-0.3, -0.25) is 4.79 Å². The first kappa shape index (κ1) is 21.3. The minimum atomic E-state index is -4.77. The van der Waals surface area contributed by atoms with Gasteiger partial charge in [0.2, 0.25) is 0 Å². The lowest BCUT2D eigenvalue weighted by Gasteiger charge is -2.33. The lowest BCUT2D eigenvalue weighted by atomic mass is 9.81. The number of benzene rings is 1. The summed E-state index contributed by atoms with van der Waals surface area (Å²) in [6.45, 7) is 2.96. The Bertz CT molecular complexity index is 628. The number of alkyl halides is 3. The van der Waals surface area contributed by atoms with Crippen molar-refractivity contribution in [3.8, 4) is 5.75 Å². The van der Waals surface area contributed by atoms with Crippen LogP contribution in [0, 0.1) is 11.8 Å². The van der Waals surface area contributed by atoms with Crippen LogP contribution in [0.15, 0.2) is 18.2 Å². The van der Waals surface area contributed by atoms with E-state index in [4.69, 9.17) is 4.74 Å². The zero-order valence-corrected chi connectivity index (χ0v) is 15.6. The molecule has 0 aliphatic heterocycles. The van der Waals surface area contributed by atoms with Gasteiger partial charge in [0.1, 0.15) is 5.75 Å². The summed E-state index contributed by atoms with van der Waals surface area (Å²) >= 11 is 0. The van der Waals surface area contributed by atoms with E-state index in [0.29, 0.717) is 23.7 Å². The molecule has 1 aliphatic carbocycles. The summed E-state index contributed by atoms with van der Waals surface area (Å²) in [7, 11) is 1.40. The van der Waals surface area contributed by atoms with Crippen molar-refractivity contribution in [1.82, 2.24) is 0 Å². The van der Waals surface area contributed by atoms with E-state index >= 15 is 0 Å². The van der Waals surface area contributed by atoms with Crippen LogP contribution in [-0.2, 0) is 16.1 Å². The number of esters is 1. The molecule has 1 aromatic rings. The fraction of sp³-hybridized carbons (Fsp3) is 0.632. The van der Waals surface area contributed by atoms with Gasteiger partial charge in [-0.25, -0.2) is 0 Å². The van der Waals surface area contributed by atoms with Gasteiger partial charge < -0.3 is 19.5 Å². The second-order valence-corrected chi connectivity index (χ2v) is 6.78. The molecular weight excluding hydrogens is 363 g/mol. The Balaban J connectivity index is 2.05. The number of aliphatic hydroxyl groups is 1. The van der Waals surface area contributed by atoms with Crippen LogP contribution in [0.2, 0.25) is 0 Å². The molecule has 27 heavy (non-hydrogen) atoms. The van der Waals surface area contributed by atoms with Crippen molar-refractivity contribution in [2.75, 3.05) is 25.1 Å². The molecule has 0 radical (unpaired) electrons. The van der Waals surface area contributed by atoms with E-state index in [1.54, 1.807) is 6.07 Å². The number of carbonyl (C=O) groups is 1. The highest BCUT2D eigenvalue weighted by Gasteiger charge is 2.32. The molecule has 8 heteroatoms. The molecule has 1 aliphatic rings. The molecule has 0 saturated heterocycles. The van der Waals surface area contributed by atoms with E-state index < -0.39 is 6.36 Å². The Morgan fingerprint density at radius 1 is 1.26 bits per heavy atom. The summed E-state index contributed by atoms with van der Waals surface area (Å²) < 4.78 is 45.9. The summed E-state index contributed by atoms with van der Waals surface area (Å²) in [5, 5.41) is 9.60. The number of rotatable bonds is 7. The summed E-state index contributed by atoms with van der Waals surface area (Å²) in [5.74, 6) is -0.176. The molecule has 1 aromatic carbocycles. The Labute approximate surface area is 157 Å². The van der Waals surface area contributed by atoms with Gasteiger partial charge in [-0.15, -0.1) is 13.2 Å². The quantitative estimate of drug-likeness (QED) is 0.717. The molecule has 2 rings (SSSR count). The van der Waals surface area contributed by atoms with Crippen LogP contribution in [0.4, 0.5) is 18.9 Å². The van der Waals surface area contributed by atoms with E-state index in [1.165, 1.54) is 19.2 Å². The minimum Gasteiger partial charge on any atom is -0.469 e. The van der Waals surface area contributed by atoms with Crippen LogP contribution in [0.25, 0.3) is 0 Å². The zero-order valence-electron chi connectivity index (χ0n) is 15.6. The van der Waals surface area contributed by atoms with Crippen LogP contribution in [0.1, 0.15) is 38.2 Å². The van der Waals surface area contributed by atoms with Crippen molar-refractivity contribution in [3.63, 3.8) is 0 Å². The number of hydrogen-bond acceptors (Lipinski definition) is 5. The molecule has 1 fully saturated rings. The van der Waals surface area contributed by atoms with Crippen molar-refractivity contribution < 1.29 is 32.5 Å². The maximum absolute atomic E-state index is 12.4. The van der Waals surface area contributed by atoms with Gasteiger partial charge in [-0.05, 0) is 56.7 Å². The third-order valence-electron chi connectivity index (χ3n) is 5.04. The summed E-state index contributed by atoms with van der Waals surface area (Å²) in [5.41, 5.74) is 1.09. The molecule has 1 N–H and O–H groups in total. The standard InChI is InChI=1S/C19H26F3NO4/c1-3-23(11-13-4-6-14(7-5-13)18(25)26-2)17-9-8-16(10-15(17)12-24)27-19(20,21)22/h8-10,13-14,24H,3-7,11-12H2,1-2H3. The van der Waals surface area contributed by atoms with Gasteiger partial charge in [0.05, 0.1) is 19.6 Å². The molecule has 5 nitrogen and oxygen atoms in total. The van der Waals surface area contributed by atoms with E-state index in [-0.39, 0.29) is 24.2 Å². The first-order valence-electron chi connectivity index (χ1n) is 9.09. The number of methoxy groups -OCH3 is 1. The SMILES string of the molecule is CCN(CC1CCC(C(=O)OC)CC1)c1ccc(OC(F)(F)F)cc1CO. The van der Waals surface area contributed by atoms with Gasteiger partial charge in [0, 0.05) is 24.3 Å². The molecule has 1 saturated carbocycles. The molecular formula is C19H26F3NO4. The lowest BCUT2D eigenvalue weighted by Crippen LogP contribution is -2.33. The highest BCUT2D eigenvalue weighted by molar-refractivity contribution is 5.72. The summed E-state index contributed by atoms with van der Waals surface area (Å²) in [4.78, 5) is 13.7. The van der Waals surface area contributed by atoms with Crippen LogP contribution in [0.3, 0.4) is 0 Å². The predicted octanol–water partition coefficient (Wildman–Crippen LogP) is 3.88. The smallest absolute Gasteiger partial charge is 0.469 e. The highest BCUT2D eigenvalue weighted by Crippen LogP contribution is 2.33. The second kappa shape index (κ2) is 9.30. The van der Waals surface area contributed by atoms with Crippen molar-refractivity contribution >= 4 is 11.7 Å². The van der Waals surface area contributed by atoms with Gasteiger partial charge in [0.25, 0.3) is 0 Å². The first-order valence-corrected chi connectivity index (χ1v) is 9.09. The van der Waals surface area contributed by atoms with Gasteiger partial charge in [0.15, 0.2) is 0 Å². The fourth-order valence-corrected chi connectivity index (χ4v) is 3.65. The Morgan fingerprint density at radius 3 is 2.44 bits per heavy atom. The average molecular weight is 389 g/mol. The molecule has 0 heterocycles. The molecule has 0 spiro atoms. The molecule has 0 atom stereocenters. The number of anilines is 1. The van der Waals surface area contributed by atoms with Crippen molar-refractivity contribution in [2.24, 2.45) is 11.8 Å². The predicted molar refractivity (Wildman–Crippen MR) is 94.4 cm³/mol. The molecule has 0 unspecified atom stereocenters. The Morgan fingerprint density at radius 2 is 1.93 bits per heavy atom. The van der Waals surface area contributed by atoms with E-state index in [1.807, 2.05) is 11.8 Å². The summed E-state index contributed by atoms with van der Waals surface area (Å²) in [6, 6.07) is 4.04. The Kier molecular flexibility index (Phi) is 7.35.